The summed E-state index contributed by atoms with van der Waals surface area (Å²) in [6.45, 7) is 0. The highest BCUT2D eigenvalue weighted by Crippen LogP contribution is 2.68. The molecule has 4 nitrogen and oxygen atoms in total. The SMILES string of the molecule is O=c1n(C23CC(Cl)(C2)C3)nc2n1[C@H](c1cc(F)cc(F)c1)CC2. The molecular weight excluding hydrogens is 324 g/mol. The number of halogens is 3. The van der Waals surface area contributed by atoms with Gasteiger partial charge in [0.15, 0.2) is 0 Å². The quantitative estimate of drug-likeness (QED) is 0.791. The Bertz CT molecular complexity index is 863. The van der Waals surface area contributed by atoms with Crippen LogP contribution in [0.2, 0.25) is 0 Å². The van der Waals surface area contributed by atoms with Crippen molar-refractivity contribution in [3.05, 3.63) is 51.7 Å². The molecule has 6 rings (SSSR count). The first-order valence-corrected chi connectivity index (χ1v) is 8.13. The Morgan fingerprint density at radius 2 is 1.83 bits per heavy atom. The van der Waals surface area contributed by atoms with E-state index >= 15 is 0 Å². The fraction of sp³-hybridized carbons (Fsp3) is 0.500. The average Bonchev–Trinajstić information content (AvgIpc) is 2.94. The standard InChI is InChI=1S/C16H14ClF2N3O/c17-15-6-16(7-15,8-15)22-14(23)21-12(1-2-13(21)20-22)9-3-10(18)5-11(19)4-9/h3-5,12H,1-2,6-8H2/t12-,15?,16?/m0/s1. The number of hydrogen-bond donors (Lipinski definition) is 0. The van der Waals surface area contributed by atoms with Crippen LogP contribution in [0.5, 0.6) is 0 Å². The molecule has 120 valence electrons. The first-order valence-electron chi connectivity index (χ1n) is 7.75. The van der Waals surface area contributed by atoms with Crippen molar-refractivity contribution in [2.75, 3.05) is 0 Å². The second kappa shape index (κ2) is 4.04. The molecule has 3 aliphatic carbocycles. The molecule has 0 radical (unpaired) electrons. The minimum absolute atomic E-state index is 0.140. The van der Waals surface area contributed by atoms with Gasteiger partial charge in [-0.15, -0.1) is 11.6 Å². The molecule has 1 aliphatic heterocycles. The maximum absolute atomic E-state index is 13.5. The number of benzene rings is 1. The van der Waals surface area contributed by atoms with Crippen molar-refractivity contribution in [1.82, 2.24) is 14.3 Å². The second-order valence-corrected chi connectivity index (χ2v) is 7.95. The van der Waals surface area contributed by atoms with Gasteiger partial charge in [0, 0.05) is 12.5 Å². The smallest absolute Gasteiger partial charge is 0.271 e. The van der Waals surface area contributed by atoms with Gasteiger partial charge in [0.05, 0.1) is 16.5 Å². The van der Waals surface area contributed by atoms with Gasteiger partial charge >= 0.3 is 5.69 Å². The molecule has 0 saturated heterocycles. The number of aromatic nitrogens is 3. The van der Waals surface area contributed by atoms with Crippen molar-refractivity contribution >= 4 is 11.6 Å². The van der Waals surface area contributed by atoms with E-state index < -0.39 is 11.6 Å². The molecule has 2 aromatic rings. The predicted octanol–water partition coefficient (Wildman–Crippen LogP) is 2.73. The molecule has 23 heavy (non-hydrogen) atoms. The van der Waals surface area contributed by atoms with E-state index in [1.807, 2.05) is 0 Å². The maximum atomic E-state index is 13.5. The van der Waals surface area contributed by atoms with Crippen LogP contribution in [-0.2, 0) is 12.0 Å². The van der Waals surface area contributed by atoms with E-state index in [1.165, 1.54) is 12.1 Å². The minimum Gasteiger partial charge on any atom is -0.271 e. The summed E-state index contributed by atoms with van der Waals surface area (Å²) in [4.78, 5) is 12.7. The lowest BCUT2D eigenvalue weighted by molar-refractivity contribution is -0.0769. The number of aryl methyl sites for hydroxylation is 1. The Morgan fingerprint density at radius 1 is 1.17 bits per heavy atom. The van der Waals surface area contributed by atoms with Crippen LogP contribution < -0.4 is 5.69 Å². The van der Waals surface area contributed by atoms with Crippen LogP contribution >= 0.6 is 11.6 Å². The van der Waals surface area contributed by atoms with Gasteiger partial charge < -0.3 is 0 Å². The van der Waals surface area contributed by atoms with E-state index in [1.54, 1.807) is 9.25 Å². The monoisotopic (exact) mass is 337 g/mol. The third-order valence-electron chi connectivity index (χ3n) is 5.49. The fourth-order valence-corrected chi connectivity index (χ4v) is 5.27. The van der Waals surface area contributed by atoms with Gasteiger partial charge in [-0.05, 0) is 43.4 Å². The van der Waals surface area contributed by atoms with Crippen LogP contribution in [0.25, 0.3) is 0 Å². The molecule has 0 amide bonds. The highest BCUT2D eigenvalue weighted by atomic mass is 35.5. The van der Waals surface area contributed by atoms with Gasteiger partial charge in [-0.25, -0.2) is 18.3 Å². The summed E-state index contributed by atoms with van der Waals surface area (Å²) >= 11 is 6.28. The van der Waals surface area contributed by atoms with Crippen LogP contribution in [-0.4, -0.2) is 19.2 Å². The summed E-state index contributed by atoms with van der Waals surface area (Å²) in [6, 6.07) is 3.07. The zero-order chi connectivity index (χ0) is 16.0. The van der Waals surface area contributed by atoms with E-state index in [-0.39, 0.29) is 22.1 Å². The average molecular weight is 338 g/mol. The zero-order valence-electron chi connectivity index (χ0n) is 12.2. The summed E-state index contributed by atoms with van der Waals surface area (Å²) in [7, 11) is 0. The van der Waals surface area contributed by atoms with E-state index in [0.717, 1.165) is 25.3 Å². The number of nitrogens with zero attached hydrogens (tertiary/aromatic N) is 3. The third kappa shape index (κ3) is 1.70. The lowest BCUT2D eigenvalue weighted by atomic mass is 9.49. The Morgan fingerprint density at radius 3 is 2.43 bits per heavy atom. The first-order chi connectivity index (χ1) is 10.9. The normalized spacial score (nSPS) is 34.0. The Hall–Kier alpha value is -1.69. The second-order valence-electron chi connectivity index (χ2n) is 7.14. The molecule has 1 aromatic heterocycles. The number of alkyl halides is 1. The van der Waals surface area contributed by atoms with Gasteiger partial charge in [-0.3, -0.25) is 4.57 Å². The molecule has 1 aromatic carbocycles. The minimum atomic E-state index is -0.627. The Labute approximate surface area is 135 Å². The number of hydrogen-bond acceptors (Lipinski definition) is 2. The van der Waals surface area contributed by atoms with E-state index in [2.05, 4.69) is 5.10 Å². The molecule has 3 saturated carbocycles. The molecule has 2 bridgehead atoms. The van der Waals surface area contributed by atoms with Gasteiger partial charge in [-0.1, -0.05) is 0 Å². The lowest BCUT2D eigenvalue weighted by Crippen LogP contribution is -2.71. The molecule has 1 atom stereocenters. The maximum Gasteiger partial charge on any atom is 0.347 e. The lowest BCUT2D eigenvalue weighted by Gasteiger charge is -2.66. The summed E-state index contributed by atoms with van der Waals surface area (Å²) in [5, 5.41) is 4.49. The topological polar surface area (TPSA) is 39.8 Å². The van der Waals surface area contributed by atoms with Crippen molar-refractivity contribution in [2.45, 2.75) is 48.6 Å². The predicted molar refractivity (Wildman–Crippen MR) is 79.7 cm³/mol. The van der Waals surface area contributed by atoms with Gasteiger partial charge in [-0.2, -0.15) is 5.10 Å². The summed E-state index contributed by atoms with van der Waals surface area (Å²) in [5.41, 5.74) is 0.0633. The third-order valence-corrected chi connectivity index (χ3v) is 5.89. The van der Waals surface area contributed by atoms with Crippen molar-refractivity contribution in [3.8, 4) is 0 Å². The largest absolute Gasteiger partial charge is 0.347 e. The summed E-state index contributed by atoms with van der Waals surface area (Å²) in [6.07, 6.45) is 3.59. The Kier molecular flexibility index (Phi) is 2.41. The molecule has 4 aliphatic rings. The molecule has 0 unspecified atom stereocenters. The summed E-state index contributed by atoms with van der Waals surface area (Å²) < 4.78 is 30.2. The highest BCUT2D eigenvalue weighted by Gasteiger charge is 2.70. The van der Waals surface area contributed by atoms with Gasteiger partial charge in [0.2, 0.25) is 0 Å². The Balaban J connectivity index is 1.58. The van der Waals surface area contributed by atoms with Crippen LogP contribution in [0.15, 0.2) is 23.0 Å². The van der Waals surface area contributed by atoms with Crippen LogP contribution in [0, 0.1) is 11.6 Å². The molecule has 7 heteroatoms. The van der Waals surface area contributed by atoms with E-state index in [9.17, 15) is 13.6 Å². The first kappa shape index (κ1) is 13.7. The van der Waals surface area contributed by atoms with Crippen molar-refractivity contribution in [2.24, 2.45) is 0 Å². The fourth-order valence-electron chi connectivity index (χ4n) is 4.53. The van der Waals surface area contributed by atoms with Crippen LogP contribution in [0.1, 0.15) is 43.1 Å². The number of rotatable bonds is 2. The van der Waals surface area contributed by atoms with Crippen LogP contribution in [0.4, 0.5) is 8.78 Å². The van der Waals surface area contributed by atoms with E-state index in [4.69, 9.17) is 11.6 Å². The van der Waals surface area contributed by atoms with Crippen molar-refractivity contribution in [1.29, 1.82) is 0 Å². The van der Waals surface area contributed by atoms with Crippen LogP contribution in [0.3, 0.4) is 0 Å². The molecule has 0 N–H and O–H groups in total. The number of fused-ring (bicyclic) bond motifs is 1. The molecular formula is C16H14ClF2N3O. The van der Waals surface area contributed by atoms with Gasteiger partial charge in [0.1, 0.15) is 17.5 Å². The van der Waals surface area contributed by atoms with E-state index in [0.29, 0.717) is 24.2 Å². The van der Waals surface area contributed by atoms with Crippen molar-refractivity contribution in [3.63, 3.8) is 0 Å². The molecule has 2 heterocycles. The van der Waals surface area contributed by atoms with Crippen molar-refractivity contribution < 1.29 is 8.78 Å². The van der Waals surface area contributed by atoms with Gasteiger partial charge in [0.25, 0.3) is 0 Å². The summed E-state index contributed by atoms with van der Waals surface area (Å²) in [5.74, 6) is -0.562. The highest BCUT2D eigenvalue weighted by molar-refractivity contribution is 6.26. The molecule has 0 spiro atoms. The zero-order valence-corrected chi connectivity index (χ0v) is 13.0. The molecule has 3 fully saturated rings.